The summed E-state index contributed by atoms with van der Waals surface area (Å²) >= 11 is 0. The summed E-state index contributed by atoms with van der Waals surface area (Å²) in [5.74, 6) is 1.82. The molecule has 90 valence electrons. The first-order valence-corrected chi connectivity index (χ1v) is 6.02. The fourth-order valence-corrected chi connectivity index (χ4v) is 2.26. The molecule has 1 aromatic carbocycles. The van der Waals surface area contributed by atoms with Gasteiger partial charge in [-0.05, 0) is 31.9 Å². The van der Waals surface area contributed by atoms with Crippen LogP contribution in [0.25, 0.3) is 11.0 Å². The summed E-state index contributed by atoms with van der Waals surface area (Å²) < 4.78 is 7.52. The molecule has 0 bridgehead atoms. The highest BCUT2D eigenvalue weighted by molar-refractivity contribution is 5.78. The van der Waals surface area contributed by atoms with Gasteiger partial charge in [-0.25, -0.2) is 4.98 Å². The van der Waals surface area contributed by atoms with Crippen LogP contribution < -0.4 is 10.5 Å². The average Bonchev–Trinajstić information content (AvgIpc) is 3.08. The van der Waals surface area contributed by atoms with Crippen molar-refractivity contribution < 1.29 is 4.74 Å². The van der Waals surface area contributed by atoms with Gasteiger partial charge in [0.15, 0.2) is 0 Å². The highest BCUT2D eigenvalue weighted by Crippen LogP contribution is 2.40. The number of aromatic nitrogens is 2. The SMILES string of the molecule is COc1ccc2c(c1)nc([C@H](C)N)n2C1CC1. The van der Waals surface area contributed by atoms with Crippen molar-refractivity contribution in [3.63, 3.8) is 0 Å². The summed E-state index contributed by atoms with van der Waals surface area (Å²) in [4.78, 5) is 4.64. The van der Waals surface area contributed by atoms with Gasteiger partial charge in [-0.2, -0.15) is 0 Å². The highest BCUT2D eigenvalue weighted by Gasteiger charge is 2.29. The first kappa shape index (κ1) is 10.6. The Balaban J connectivity index is 2.22. The highest BCUT2D eigenvalue weighted by atomic mass is 16.5. The molecule has 0 spiro atoms. The fraction of sp³-hybridized carbons (Fsp3) is 0.462. The summed E-state index contributed by atoms with van der Waals surface area (Å²) in [6.45, 7) is 1.98. The molecule has 0 unspecified atom stereocenters. The minimum absolute atomic E-state index is 0.0333. The second-order valence-electron chi connectivity index (χ2n) is 4.71. The lowest BCUT2D eigenvalue weighted by molar-refractivity contribution is 0.415. The molecular weight excluding hydrogens is 214 g/mol. The Morgan fingerprint density at radius 3 is 2.82 bits per heavy atom. The van der Waals surface area contributed by atoms with E-state index in [0.717, 1.165) is 17.1 Å². The monoisotopic (exact) mass is 231 g/mol. The summed E-state index contributed by atoms with van der Waals surface area (Å²) in [5, 5.41) is 0. The van der Waals surface area contributed by atoms with Crippen molar-refractivity contribution >= 4 is 11.0 Å². The van der Waals surface area contributed by atoms with Crippen LogP contribution in [0.3, 0.4) is 0 Å². The Kier molecular flexibility index (Phi) is 2.33. The van der Waals surface area contributed by atoms with E-state index in [4.69, 9.17) is 10.5 Å². The van der Waals surface area contributed by atoms with E-state index in [1.54, 1.807) is 7.11 Å². The number of hydrogen-bond donors (Lipinski definition) is 1. The number of rotatable bonds is 3. The lowest BCUT2D eigenvalue weighted by atomic mass is 10.3. The summed E-state index contributed by atoms with van der Waals surface area (Å²) in [7, 11) is 1.67. The molecule has 1 aromatic heterocycles. The van der Waals surface area contributed by atoms with Crippen LogP contribution in [0.2, 0.25) is 0 Å². The topological polar surface area (TPSA) is 53.1 Å². The van der Waals surface area contributed by atoms with Crippen LogP contribution in [0.1, 0.15) is 37.7 Å². The van der Waals surface area contributed by atoms with E-state index in [0.29, 0.717) is 6.04 Å². The Labute approximate surface area is 100 Å². The Morgan fingerprint density at radius 2 is 2.24 bits per heavy atom. The van der Waals surface area contributed by atoms with E-state index < -0.39 is 0 Å². The van der Waals surface area contributed by atoms with Crippen LogP contribution in [0.5, 0.6) is 5.75 Å². The van der Waals surface area contributed by atoms with Crippen molar-refractivity contribution in [3.8, 4) is 5.75 Å². The van der Waals surface area contributed by atoms with E-state index in [1.165, 1.54) is 18.4 Å². The maximum atomic E-state index is 6.00. The Hall–Kier alpha value is -1.55. The quantitative estimate of drug-likeness (QED) is 0.882. The molecule has 1 atom stereocenters. The van der Waals surface area contributed by atoms with Gasteiger partial charge in [0.25, 0.3) is 0 Å². The molecule has 0 saturated heterocycles. The molecule has 2 N–H and O–H groups in total. The molecule has 2 aromatic rings. The van der Waals surface area contributed by atoms with Gasteiger partial charge in [-0.15, -0.1) is 0 Å². The fourth-order valence-electron chi connectivity index (χ4n) is 2.26. The zero-order chi connectivity index (χ0) is 12.0. The van der Waals surface area contributed by atoms with Gasteiger partial charge < -0.3 is 15.0 Å². The summed E-state index contributed by atoms with van der Waals surface area (Å²) in [5.41, 5.74) is 8.14. The van der Waals surface area contributed by atoms with Crippen LogP contribution >= 0.6 is 0 Å². The van der Waals surface area contributed by atoms with Crippen LogP contribution in [-0.4, -0.2) is 16.7 Å². The zero-order valence-electron chi connectivity index (χ0n) is 10.2. The van der Waals surface area contributed by atoms with E-state index in [-0.39, 0.29) is 6.04 Å². The van der Waals surface area contributed by atoms with Gasteiger partial charge in [0.05, 0.1) is 24.2 Å². The Morgan fingerprint density at radius 1 is 1.47 bits per heavy atom. The van der Waals surface area contributed by atoms with E-state index in [1.807, 2.05) is 19.1 Å². The maximum Gasteiger partial charge on any atom is 0.126 e. The smallest absolute Gasteiger partial charge is 0.126 e. The summed E-state index contributed by atoms with van der Waals surface area (Å²) in [6, 6.07) is 6.59. The molecular formula is C13H17N3O. The molecule has 0 aliphatic heterocycles. The third kappa shape index (κ3) is 1.69. The lowest BCUT2D eigenvalue weighted by Crippen LogP contribution is -2.12. The van der Waals surface area contributed by atoms with E-state index >= 15 is 0 Å². The molecule has 1 aliphatic carbocycles. The predicted molar refractivity (Wildman–Crippen MR) is 67.2 cm³/mol. The molecule has 1 fully saturated rings. The van der Waals surface area contributed by atoms with Crippen LogP contribution in [-0.2, 0) is 0 Å². The number of methoxy groups -OCH3 is 1. The van der Waals surface area contributed by atoms with Gasteiger partial charge >= 0.3 is 0 Å². The second kappa shape index (κ2) is 3.74. The molecule has 4 heteroatoms. The van der Waals surface area contributed by atoms with Crippen molar-refractivity contribution in [1.82, 2.24) is 9.55 Å². The number of nitrogens with zero attached hydrogens (tertiary/aromatic N) is 2. The number of fused-ring (bicyclic) bond motifs is 1. The number of imidazole rings is 1. The standard InChI is InChI=1S/C13H17N3O/c1-8(14)13-15-11-7-10(17-2)5-6-12(11)16(13)9-3-4-9/h5-9H,3-4,14H2,1-2H3/t8-/m0/s1. The molecule has 3 rings (SSSR count). The summed E-state index contributed by atoms with van der Waals surface area (Å²) in [6.07, 6.45) is 2.47. The Bertz CT molecular complexity index is 555. The largest absolute Gasteiger partial charge is 0.497 e. The van der Waals surface area contributed by atoms with Crippen molar-refractivity contribution in [2.75, 3.05) is 7.11 Å². The van der Waals surface area contributed by atoms with Crippen molar-refractivity contribution in [3.05, 3.63) is 24.0 Å². The minimum atomic E-state index is -0.0333. The van der Waals surface area contributed by atoms with E-state index in [2.05, 4.69) is 15.6 Å². The van der Waals surface area contributed by atoms with Gasteiger partial charge in [0.1, 0.15) is 11.6 Å². The normalized spacial score (nSPS) is 17.4. The molecule has 1 aliphatic rings. The van der Waals surface area contributed by atoms with Crippen LogP contribution in [0, 0.1) is 0 Å². The van der Waals surface area contributed by atoms with Gasteiger partial charge in [-0.1, -0.05) is 0 Å². The average molecular weight is 231 g/mol. The van der Waals surface area contributed by atoms with Gasteiger partial charge in [0.2, 0.25) is 0 Å². The lowest BCUT2D eigenvalue weighted by Gasteiger charge is -2.09. The molecule has 1 saturated carbocycles. The van der Waals surface area contributed by atoms with Gasteiger partial charge in [-0.3, -0.25) is 0 Å². The predicted octanol–water partition coefficient (Wildman–Crippen LogP) is 2.40. The second-order valence-corrected chi connectivity index (χ2v) is 4.71. The molecule has 17 heavy (non-hydrogen) atoms. The molecule has 0 amide bonds. The minimum Gasteiger partial charge on any atom is -0.497 e. The van der Waals surface area contributed by atoms with Crippen LogP contribution in [0.4, 0.5) is 0 Å². The first-order valence-electron chi connectivity index (χ1n) is 6.02. The van der Waals surface area contributed by atoms with Crippen molar-refractivity contribution in [2.45, 2.75) is 31.8 Å². The number of nitrogens with two attached hydrogens (primary N) is 1. The van der Waals surface area contributed by atoms with Crippen molar-refractivity contribution in [2.24, 2.45) is 5.73 Å². The number of ether oxygens (including phenoxy) is 1. The third-order valence-electron chi connectivity index (χ3n) is 3.24. The maximum absolute atomic E-state index is 6.00. The number of hydrogen-bond acceptors (Lipinski definition) is 3. The molecule has 1 heterocycles. The van der Waals surface area contributed by atoms with Gasteiger partial charge in [0, 0.05) is 12.1 Å². The molecule has 0 radical (unpaired) electrons. The van der Waals surface area contributed by atoms with Crippen molar-refractivity contribution in [1.29, 1.82) is 0 Å². The third-order valence-corrected chi connectivity index (χ3v) is 3.24. The van der Waals surface area contributed by atoms with E-state index in [9.17, 15) is 0 Å². The number of benzene rings is 1. The molecule has 4 nitrogen and oxygen atoms in total. The first-order chi connectivity index (χ1) is 8.20. The van der Waals surface area contributed by atoms with Crippen LogP contribution in [0.15, 0.2) is 18.2 Å². The zero-order valence-corrected chi connectivity index (χ0v) is 10.2.